The molecule has 6 rings (SSSR count). The molecular weight excluding hydrogens is 464 g/mol. The number of halogens is 1. The van der Waals surface area contributed by atoms with E-state index in [2.05, 4.69) is 22.3 Å². The standard InChI is InChI=1S/C26H17ClN6S/c27-22-14-8-7-13-21(22)25-28-29-26-33(25)30-23(34-26)16-15-19-17-32(20-11-5-2-6-12-20)31-24(19)18-9-3-1-4-10-18/h1-17H/b16-15+. The fourth-order valence-electron chi connectivity index (χ4n) is 3.71. The summed E-state index contributed by atoms with van der Waals surface area (Å²) in [6, 6.07) is 27.8. The molecule has 3 aromatic heterocycles. The molecule has 6 nitrogen and oxygen atoms in total. The zero-order valence-electron chi connectivity index (χ0n) is 17.8. The lowest BCUT2D eigenvalue weighted by atomic mass is 10.1. The van der Waals surface area contributed by atoms with Crippen molar-refractivity contribution in [2.45, 2.75) is 0 Å². The Morgan fingerprint density at radius 1 is 0.765 bits per heavy atom. The van der Waals surface area contributed by atoms with Crippen LogP contribution in [0.4, 0.5) is 0 Å². The first-order valence-electron chi connectivity index (χ1n) is 10.6. The van der Waals surface area contributed by atoms with Crippen molar-refractivity contribution in [3.8, 4) is 28.3 Å². The van der Waals surface area contributed by atoms with Gasteiger partial charge in [-0.05, 0) is 36.4 Å². The summed E-state index contributed by atoms with van der Waals surface area (Å²) in [5, 5.41) is 19.6. The van der Waals surface area contributed by atoms with Gasteiger partial charge in [-0.15, -0.1) is 10.2 Å². The molecule has 6 aromatic rings. The third-order valence-corrected chi connectivity index (χ3v) is 6.53. The Balaban J connectivity index is 1.39. The van der Waals surface area contributed by atoms with E-state index in [1.54, 1.807) is 4.52 Å². The molecule has 0 aliphatic heterocycles. The molecule has 0 radical (unpaired) electrons. The molecule has 0 saturated heterocycles. The van der Waals surface area contributed by atoms with Gasteiger partial charge in [0.1, 0.15) is 5.01 Å². The minimum absolute atomic E-state index is 0.614. The van der Waals surface area contributed by atoms with Crippen LogP contribution in [0.1, 0.15) is 10.6 Å². The monoisotopic (exact) mass is 480 g/mol. The Morgan fingerprint density at radius 3 is 2.29 bits per heavy atom. The first-order chi connectivity index (χ1) is 16.8. The molecule has 0 spiro atoms. The molecule has 0 fully saturated rings. The molecule has 0 aliphatic carbocycles. The van der Waals surface area contributed by atoms with E-state index in [4.69, 9.17) is 21.8 Å². The van der Waals surface area contributed by atoms with Gasteiger partial charge in [0, 0.05) is 22.9 Å². The number of benzene rings is 3. The molecule has 3 aromatic carbocycles. The number of nitrogens with zero attached hydrogens (tertiary/aromatic N) is 6. The van der Waals surface area contributed by atoms with Crippen LogP contribution in [-0.4, -0.2) is 29.6 Å². The Morgan fingerprint density at radius 2 is 1.50 bits per heavy atom. The SMILES string of the molecule is Clc1ccccc1-c1nnc2sc(/C=C/c3cn(-c4ccccc4)nc3-c3ccccc3)nn12. The minimum Gasteiger partial charge on any atom is -0.240 e. The maximum atomic E-state index is 6.36. The van der Waals surface area contributed by atoms with Crippen LogP contribution in [0.25, 0.3) is 45.4 Å². The van der Waals surface area contributed by atoms with Crippen molar-refractivity contribution in [1.29, 1.82) is 0 Å². The summed E-state index contributed by atoms with van der Waals surface area (Å²) in [6.45, 7) is 0. The lowest BCUT2D eigenvalue weighted by Gasteiger charge is -2.00. The lowest BCUT2D eigenvalue weighted by molar-refractivity contribution is 0.884. The van der Waals surface area contributed by atoms with Crippen LogP contribution < -0.4 is 0 Å². The Hall–Kier alpha value is -4.07. The fraction of sp³-hybridized carbons (Fsp3) is 0. The topological polar surface area (TPSA) is 60.9 Å². The molecule has 0 aliphatic rings. The number of hydrogen-bond donors (Lipinski definition) is 0. The zero-order valence-corrected chi connectivity index (χ0v) is 19.4. The average Bonchev–Trinajstić information content (AvgIpc) is 3.59. The van der Waals surface area contributed by atoms with Gasteiger partial charge in [0.25, 0.3) is 0 Å². The second-order valence-corrected chi connectivity index (χ2v) is 8.95. The van der Waals surface area contributed by atoms with E-state index in [0.29, 0.717) is 15.8 Å². The molecule has 3 heterocycles. The molecule has 0 N–H and O–H groups in total. The third kappa shape index (κ3) is 3.81. The summed E-state index contributed by atoms with van der Waals surface area (Å²) in [5.74, 6) is 0.623. The van der Waals surface area contributed by atoms with Gasteiger partial charge in [0.2, 0.25) is 4.96 Å². The fourth-order valence-corrected chi connectivity index (χ4v) is 4.67. The molecule has 0 bridgehead atoms. The smallest absolute Gasteiger partial charge is 0.235 e. The Labute approximate surface area is 204 Å². The number of para-hydroxylation sites is 1. The van der Waals surface area contributed by atoms with Crippen LogP contribution in [0.3, 0.4) is 0 Å². The van der Waals surface area contributed by atoms with E-state index in [-0.39, 0.29) is 0 Å². The average molecular weight is 481 g/mol. The summed E-state index contributed by atoms with van der Waals surface area (Å²) >= 11 is 7.83. The van der Waals surface area contributed by atoms with Crippen LogP contribution >= 0.6 is 22.9 Å². The normalized spacial score (nSPS) is 11.6. The van der Waals surface area contributed by atoms with E-state index in [0.717, 1.165) is 33.1 Å². The highest BCUT2D eigenvalue weighted by Gasteiger charge is 2.15. The first-order valence-corrected chi connectivity index (χ1v) is 11.8. The van der Waals surface area contributed by atoms with Gasteiger partial charge in [-0.1, -0.05) is 83.6 Å². The molecule has 0 amide bonds. The zero-order chi connectivity index (χ0) is 22.9. The van der Waals surface area contributed by atoms with Crippen molar-refractivity contribution < 1.29 is 0 Å². The first kappa shape index (κ1) is 20.5. The van der Waals surface area contributed by atoms with Crippen LogP contribution in [0.2, 0.25) is 5.02 Å². The van der Waals surface area contributed by atoms with E-state index >= 15 is 0 Å². The van der Waals surface area contributed by atoms with Gasteiger partial charge in [-0.2, -0.15) is 14.7 Å². The lowest BCUT2D eigenvalue weighted by Crippen LogP contribution is -1.93. The van der Waals surface area contributed by atoms with E-state index in [1.165, 1.54) is 11.3 Å². The molecule has 164 valence electrons. The van der Waals surface area contributed by atoms with Gasteiger partial charge < -0.3 is 0 Å². The Kier molecular flexibility index (Phi) is 5.25. The highest BCUT2D eigenvalue weighted by atomic mass is 35.5. The largest absolute Gasteiger partial charge is 0.240 e. The van der Waals surface area contributed by atoms with Gasteiger partial charge in [0.05, 0.1) is 16.4 Å². The second kappa shape index (κ2) is 8.70. The molecule has 34 heavy (non-hydrogen) atoms. The van der Waals surface area contributed by atoms with Gasteiger partial charge in [0.15, 0.2) is 5.82 Å². The van der Waals surface area contributed by atoms with Crippen LogP contribution in [0.5, 0.6) is 0 Å². The van der Waals surface area contributed by atoms with Crippen molar-refractivity contribution in [2.75, 3.05) is 0 Å². The van der Waals surface area contributed by atoms with E-state index in [9.17, 15) is 0 Å². The summed E-state index contributed by atoms with van der Waals surface area (Å²) in [4.78, 5) is 0.706. The van der Waals surface area contributed by atoms with Crippen molar-refractivity contribution in [3.63, 3.8) is 0 Å². The van der Waals surface area contributed by atoms with Crippen LogP contribution in [-0.2, 0) is 0 Å². The quantitative estimate of drug-likeness (QED) is 0.281. The summed E-state index contributed by atoms with van der Waals surface area (Å²) < 4.78 is 3.63. The van der Waals surface area contributed by atoms with Crippen LogP contribution in [0.15, 0.2) is 91.1 Å². The maximum Gasteiger partial charge on any atom is 0.235 e. The minimum atomic E-state index is 0.614. The molecule has 8 heteroatoms. The molecule has 0 saturated carbocycles. The van der Waals surface area contributed by atoms with E-state index in [1.807, 2.05) is 95.8 Å². The highest BCUT2D eigenvalue weighted by molar-refractivity contribution is 7.17. The van der Waals surface area contributed by atoms with Gasteiger partial charge in [-0.3, -0.25) is 0 Å². The third-order valence-electron chi connectivity index (χ3n) is 5.34. The maximum absolute atomic E-state index is 6.36. The van der Waals surface area contributed by atoms with Gasteiger partial charge in [-0.25, -0.2) is 4.68 Å². The molecular formula is C26H17ClN6S. The molecule has 0 unspecified atom stereocenters. The van der Waals surface area contributed by atoms with Crippen molar-refractivity contribution in [2.24, 2.45) is 0 Å². The summed E-state index contributed by atoms with van der Waals surface area (Å²) in [6.07, 6.45) is 6.05. The number of fused-ring (bicyclic) bond motifs is 1. The predicted octanol–water partition coefficient (Wildman–Crippen LogP) is 6.53. The van der Waals surface area contributed by atoms with E-state index < -0.39 is 0 Å². The van der Waals surface area contributed by atoms with Crippen molar-refractivity contribution >= 4 is 40.1 Å². The van der Waals surface area contributed by atoms with Crippen LogP contribution in [0, 0.1) is 0 Å². The highest BCUT2D eigenvalue weighted by Crippen LogP contribution is 2.29. The number of aromatic nitrogens is 6. The number of hydrogen-bond acceptors (Lipinski definition) is 5. The summed E-state index contributed by atoms with van der Waals surface area (Å²) in [7, 11) is 0. The number of rotatable bonds is 5. The van der Waals surface area contributed by atoms with Crippen molar-refractivity contribution in [3.05, 3.63) is 107 Å². The summed E-state index contributed by atoms with van der Waals surface area (Å²) in [5.41, 5.74) is 4.75. The van der Waals surface area contributed by atoms with Crippen molar-refractivity contribution in [1.82, 2.24) is 29.6 Å². The second-order valence-electron chi connectivity index (χ2n) is 7.55. The predicted molar refractivity (Wildman–Crippen MR) is 137 cm³/mol. The Bertz CT molecular complexity index is 1620. The molecule has 0 atom stereocenters. The van der Waals surface area contributed by atoms with Gasteiger partial charge >= 0.3 is 0 Å².